The number of benzene rings is 1. The summed E-state index contributed by atoms with van der Waals surface area (Å²) in [5.74, 6) is 0.776. The van der Waals surface area contributed by atoms with Gasteiger partial charge in [0.15, 0.2) is 0 Å². The Kier molecular flexibility index (Phi) is 9.59. The van der Waals surface area contributed by atoms with Gasteiger partial charge in [0.25, 0.3) is 5.91 Å². The van der Waals surface area contributed by atoms with Crippen molar-refractivity contribution in [2.24, 2.45) is 22.7 Å². The first-order valence-corrected chi connectivity index (χ1v) is 13.6. The van der Waals surface area contributed by atoms with Crippen molar-refractivity contribution in [1.29, 1.82) is 5.26 Å². The third kappa shape index (κ3) is 5.94. The third-order valence-corrected chi connectivity index (χ3v) is 7.93. The quantitative estimate of drug-likeness (QED) is 0.425. The number of amides is 1. The van der Waals surface area contributed by atoms with Crippen molar-refractivity contribution in [3.8, 4) is 6.07 Å². The molecule has 0 saturated heterocycles. The average molecular weight is 532 g/mol. The van der Waals surface area contributed by atoms with E-state index in [9.17, 15) is 15.2 Å². The zero-order valence-corrected chi connectivity index (χ0v) is 23.9. The molecular weight excluding hydrogens is 488 g/mol. The van der Waals surface area contributed by atoms with Crippen LogP contribution in [-0.4, -0.2) is 23.7 Å². The van der Waals surface area contributed by atoms with E-state index in [1.165, 1.54) is 12.0 Å². The van der Waals surface area contributed by atoms with Crippen LogP contribution in [0, 0.1) is 34.0 Å². The van der Waals surface area contributed by atoms with Crippen molar-refractivity contribution in [1.82, 2.24) is 0 Å². The molecule has 3 atom stereocenters. The average Bonchev–Trinajstić information content (AvgIpc) is 3.06. The van der Waals surface area contributed by atoms with Crippen molar-refractivity contribution >= 4 is 27.5 Å². The van der Waals surface area contributed by atoms with Gasteiger partial charge in [-0.05, 0) is 88.1 Å². The summed E-state index contributed by atoms with van der Waals surface area (Å²) in [5.41, 5.74) is 3.33. The fraction of sp³-hybridized carbons (Fsp3) is 0.655. The highest BCUT2D eigenvalue weighted by Crippen LogP contribution is 2.50. The van der Waals surface area contributed by atoms with E-state index < -0.39 is 0 Å². The normalized spacial score (nSPS) is 23.3. The lowest BCUT2D eigenvalue weighted by atomic mass is 9.69. The molecule has 1 aromatic rings. The first-order valence-electron chi connectivity index (χ1n) is 12.8. The van der Waals surface area contributed by atoms with Crippen LogP contribution in [0.4, 0.5) is 5.69 Å². The summed E-state index contributed by atoms with van der Waals surface area (Å²) in [7, 11) is 0. The van der Waals surface area contributed by atoms with Gasteiger partial charge in [-0.3, -0.25) is 4.79 Å². The van der Waals surface area contributed by atoms with Gasteiger partial charge in [-0.2, -0.15) is 5.26 Å². The molecule has 0 radical (unpaired) electrons. The molecule has 1 fully saturated rings. The first kappa shape index (κ1) is 28.6. The molecule has 4 nitrogen and oxygen atoms in total. The van der Waals surface area contributed by atoms with Gasteiger partial charge in [0.1, 0.15) is 6.07 Å². The molecule has 1 heterocycles. The Balaban J connectivity index is 0.00000199. The maximum atomic E-state index is 14.1. The number of anilines is 1. The number of hydrogen-bond acceptors (Lipinski definition) is 3. The summed E-state index contributed by atoms with van der Waals surface area (Å²) in [6, 6.07) is 7.81. The largest absolute Gasteiger partial charge is 0.396 e. The van der Waals surface area contributed by atoms with Crippen LogP contribution in [0.3, 0.4) is 0 Å². The van der Waals surface area contributed by atoms with Gasteiger partial charge in [-0.1, -0.05) is 61.8 Å². The standard InChI is InChI=1S/C27H37BrN2O2.C2H6/c1-17-8-7-9-21-23(18(2)14-26(3,4)16-31)25(32)30(24(21)27(5,6)13-17)20-11-10-19(15-29)22(28)12-20;1-2/h10-12,17-18,24,31H,7-9,13-14,16H2,1-6H3;1-2H3. The van der Waals surface area contributed by atoms with Gasteiger partial charge < -0.3 is 10.0 Å². The molecule has 0 spiro atoms. The second-order valence-corrected chi connectivity index (χ2v) is 12.3. The number of fused-ring (bicyclic) bond motifs is 1. The molecule has 0 bridgehead atoms. The van der Waals surface area contributed by atoms with Crippen LogP contribution in [0.1, 0.15) is 93.1 Å². The molecule has 1 aliphatic carbocycles. The van der Waals surface area contributed by atoms with Crippen LogP contribution in [0.15, 0.2) is 33.8 Å². The predicted octanol–water partition coefficient (Wildman–Crippen LogP) is 7.64. The van der Waals surface area contributed by atoms with E-state index in [0.29, 0.717) is 16.0 Å². The van der Waals surface area contributed by atoms with Gasteiger partial charge in [0.05, 0.1) is 11.6 Å². The van der Waals surface area contributed by atoms with E-state index in [4.69, 9.17) is 0 Å². The third-order valence-electron chi connectivity index (χ3n) is 7.27. The lowest BCUT2D eigenvalue weighted by Gasteiger charge is -2.42. The van der Waals surface area contributed by atoms with E-state index in [0.717, 1.165) is 36.9 Å². The Morgan fingerprint density at radius 2 is 1.97 bits per heavy atom. The summed E-state index contributed by atoms with van der Waals surface area (Å²) in [4.78, 5) is 16.1. The molecule has 1 aliphatic heterocycles. The summed E-state index contributed by atoms with van der Waals surface area (Å²) < 4.78 is 0.715. The predicted molar refractivity (Wildman–Crippen MR) is 145 cm³/mol. The number of aliphatic hydroxyl groups excluding tert-OH is 1. The number of carbonyl (C=O) groups excluding carboxylic acids is 1. The Morgan fingerprint density at radius 1 is 1.32 bits per heavy atom. The number of nitrogens with zero attached hydrogens (tertiary/aromatic N) is 2. The summed E-state index contributed by atoms with van der Waals surface area (Å²) in [6.07, 6.45) is 5.05. The van der Waals surface area contributed by atoms with Gasteiger partial charge in [-0.25, -0.2) is 0 Å². The van der Waals surface area contributed by atoms with E-state index in [2.05, 4.69) is 63.5 Å². The zero-order valence-electron chi connectivity index (χ0n) is 22.3. The fourth-order valence-corrected chi connectivity index (χ4v) is 6.52. The van der Waals surface area contributed by atoms with Crippen molar-refractivity contribution in [2.75, 3.05) is 11.5 Å². The van der Waals surface area contributed by atoms with E-state index in [1.807, 2.05) is 30.9 Å². The summed E-state index contributed by atoms with van der Waals surface area (Å²) in [5, 5.41) is 19.2. The molecule has 1 amide bonds. The zero-order chi connectivity index (χ0) is 25.8. The summed E-state index contributed by atoms with van der Waals surface area (Å²) in [6.45, 7) is 17.3. The van der Waals surface area contributed by atoms with E-state index >= 15 is 0 Å². The number of aliphatic hydroxyl groups is 1. The molecule has 34 heavy (non-hydrogen) atoms. The minimum atomic E-state index is -0.237. The molecule has 2 aliphatic rings. The fourth-order valence-electron chi connectivity index (χ4n) is 6.07. The Hall–Kier alpha value is -1.64. The molecule has 3 unspecified atom stereocenters. The van der Waals surface area contributed by atoms with Gasteiger partial charge in [0.2, 0.25) is 0 Å². The second kappa shape index (κ2) is 11.4. The number of halogens is 1. The minimum Gasteiger partial charge on any atom is -0.396 e. The van der Waals surface area contributed by atoms with Gasteiger partial charge in [0, 0.05) is 22.3 Å². The number of hydrogen-bond donors (Lipinski definition) is 1. The highest BCUT2D eigenvalue weighted by Gasteiger charge is 2.49. The van der Waals surface area contributed by atoms with Gasteiger partial charge in [-0.15, -0.1) is 0 Å². The molecule has 188 valence electrons. The number of carbonyl (C=O) groups is 1. The highest BCUT2D eigenvalue weighted by molar-refractivity contribution is 9.10. The highest BCUT2D eigenvalue weighted by atomic mass is 79.9. The van der Waals surface area contributed by atoms with E-state index in [-0.39, 0.29) is 35.3 Å². The molecule has 1 aromatic carbocycles. The number of nitriles is 1. The van der Waals surface area contributed by atoms with Crippen molar-refractivity contribution in [3.05, 3.63) is 39.4 Å². The monoisotopic (exact) mass is 530 g/mol. The molecule has 5 heteroatoms. The SMILES string of the molecule is CC.CC1CCCC2=C(C(C)CC(C)(C)CO)C(=O)N(c3ccc(C#N)c(Br)c3)C2C(C)(C)C1. The van der Waals surface area contributed by atoms with Gasteiger partial charge >= 0.3 is 0 Å². The Bertz CT molecular complexity index is 957. The van der Waals surface area contributed by atoms with Crippen molar-refractivity contribution in [3.63, 3.8) is 0 Å². The maximum Gasteiger partial charge on any atom is 0.255 e. The minimum absolute atomic E-state index is 0.00674. The lowest BCUT2D eigenvalue weighted by molar-refractivity contribution is -0.115. The van der Waals surface area contributed by atoms with Crippen LogP contribution in [0.5, 0.6) is 0 Å². The maximum absolute atomic E-state index is 14.1. The molecule has 0 aromatic heterocycles. The molecule has 1 N–H and O–H groups in total. The summed E-state index contributed by atoms with van der Waals surface area (Å²) >= 11 is 3.52. The van der Waals surface area contributed by atoms with Crippen LogP contribution >= 0.6 is 15.9 Å². The smallest absolute Gasteiger partial charge is 0.255 e. The second-order valence-electron chi connectivity index (χ2n) is 11.4. The Labute approximate surface area is 215 Å². The van der Waals surface area contributed by atoms with Crippen LogP contribution in [0.25, 0.3) is 0 Å². The van der Waals surface area contributed by atoms with Crippen molar-refractivity contribution < 1.29 is 9.90 Å². The van der Waals surface area contributed by atoms with Crippen LogP contribution in [0.2, 0.25) is 0 Å². The Morgan fingerprint density at radius 3 is 2.53 bits per heavy atom. The molecule has 3 rings (SSSR count). The van der Waals surface area contributed by atoms with Crippen LogP contribution < -0.4 is 4.90 Å². The topological polar surface area (TPSA) is 64.3 Å². The number of rotatable bonds is 5. The lowest BCUT2D eigenvalue weighted by Crippen LogP contribution is -2.46. The first-order chi connectivity index (χ1) is 15.9. The molecule has 1 saturated carbocycles. The van der Waals surface area contributed by atoms with E-state index in [1.54, 1.807) is 6.07 Å². The van der Waals surface area contributed by atoms with Crippen molar-refractivity contribution in [2.45, 2.75) is 93.5 Å². The van der Waals surface area contributed by atoms with Crippen LogP contribution in [-0.2, 0) is 4.79 Å². The molecular formula is C29H43BrN2O2.